The third-order valence-corrected chi connectivity index (χ3v) is 10.2. The molecule has 4 aliphatic rings. The first-order chi connectivity index (χ1) is 21.0. The fourth-order valence-corrected chi connectivity index (χ4v) is 7.70. The van der Waals surface area contributed by atoms with E-state index in [9.17, 15) is 9.90 Å². The summed E-state index contributed by atoms with van der Waals surface area (Å²) in [7, 11) is 1.63. The first-order valence-corrected chi connectivity index (χ1v) is 15.6. The number of carboxylic acids is 1. The molecule has 43 heavy (non-hydrogen) atoms. The smallest absolute Gasteiger partial charge is 0.312 e. The Bertz CT molecular complexity index is 1500. The van der Waals surface area contributed by atoms with Crippen LogP contribution in [0.2, 0.25) is 0 Å². The molecule has 1 aromatic heterocycles. The van der Waals surface area contributed by atoms with Crippen molar-refractivity contribution >= 4 is 11.8 Å². The molecule has 0 radical (unpaired) electrons. The maximum atomic E-state index is 12.2. The molecular weight excluding hydrogens is 542 g/mol. The molecule has 1 saturated carbocycles. The van der Waals surface area contributed by atoms with Crippen LogP contribution in [0.4, 0.5) is 5.82 Å². The Morgan fingerprint density at radius 2 is 1.95 bits per heavy atom. The van der Waals surface area contributed by atoms with Gasteiger partial charge in [-0.25, -0.2) is 4.98 Å². The molecule has 226 valence electrons. The molecule has 2 saturated heterocycles. The molecule has 2 aromatic carbocycles. The summed E-state index contributed by atoms with van der Waals surface area (Å²) in [6.45, 7) is 7.47. The highest BCUT2D eigenvalue weighted by Crippen LogP contribution is 2.62. The predicted molar refractivity (Wildman–Crippen MR) is 164 cm³/mol. The van der Waals surface area contributed by atoms with E-state index in [1.165, 1.54) is 16.7 Å². The average Bonchev–Trinajstić information content (AvgIpc) is 3.69. The Labute approximate surface area is 253 Å². The summed E-state index contributed by atoms with van der Waals surface area (Å²) in [4.78, 5) is 22.0. The first-order valence-electron chi connectivity index (χ1n) is 15.6. The van der Waals surface area contributed by atoms with E-state index in [1.54, 1.807) is 7.11 Å². The molecule has 8 nitrogen and oxygen atoms in total. The number of aryl methyl sites for hydroxylation is 1. The largest absolute Gasteiger partial charge is 0.488 e. The normalized spacial score (nSPS) is 25.3. The third kappa shape index (κ3) is 5.19. The van der Waals surface area contributed by atoms with Crippen molar-refractivity contribution < 1.29 is 24.1 Å². The fourth-order valence-electron chi connectivity index (χ4n) is 7.70. The number of fused-ring (bicyclic) bond motifs is 2. The highest BCUT2D eigenvalue weighted by Gasteiger charge is 2.71. The molecule has 0 amide bonds. The fraction of sp³-hybridized carbons (Fsp3) is 0.486. The molecule has 7 rings (SSSR count). The van der Waals surface area contributed by atoms with Crippen molar-refractivity contribution in [2.45, 2.75) is 57.8 Å². The van der Waals surface area contributed by atoms with Crippen LogP contribution in [0.15, 0.2) is 54.6 Å². The first kappa shape index (κ1) is 28.3. The number of carbonyl (C=O) groups is 1. The van der Waals surface area contributed by atoms with E-state index >= 15 is 0 Å². The lowest BCUT2D eigenvalue weighted by atomic mass is 9.95. The molecular formula is C35H41N3O5. The molecule has 0 bridgehead atoms. The van der Waals surface area contributed by atoms with Crippen LogP contribution in [0.25, 0.3) is 11.3 Å². The van der Waals surface area contributed by atoms with Gasteiger partial charge in [-0.1, -0.05) is 36.4 Å². The molecule has 4 heterocycles. The molecule has 1 N–H and O–H groups in total. The molecule has 1 aliphatic carbocycles. The van der Waals surface area contributed by atoms with E-state index in [1.807, 2.05) is 24.3 Å². The van der Waals surface area contributed by atoms with Gasteiger partial charge in [0.05, 0.1) is 23.8 Å². The van der Waals surface area contributed by atoms with Crippen LogP contribution >= 0.6 is 0 Å². The summed E-state index contributed by atoms with van der Waals surface area (Å²) in [5.41, 5.74) is 6.10. The number of methoxy groups -OCH3 is 1. The molecule has 3 fully saturated rings. The Morgan fingerprint density at radius 3 is 2.77 bits per heavy atom. The van der Waals surface area contributed by atoms with Gasteiger partial charge in [0.15, 0.2) is 0 Å². The molecule has 8 heteroatoms. The van der Waals surface area contributed by atoms with E-state index < -0.39 is 11.4 Å². The van der Waals surface area contributed by atoms with Gasteiger partial charge in [0.1, 0.15) is 18.2 Å². The minimum atomic E-state index is -0.733. The average molecular weight is 584 g/mol. The van der Waals surface area contributed by atoms with Gasteiger partial charge in [-0.05, 0) is 79.0 Å². The number of benzene rings is 2. The topological polar surface area (TPSA) is 84.4 Å². The van der Waals surface area contributed by atoms with Crippen molar-refractivity contribution in [3.63, 3.8) is 0 Å². The van der Waals surface area contributed by atoms with E-state index in [2.05, 4.69) is 47.1 Å². The van der Waals surface area contributed by atoms with Crippen LogP contribution in [0.5, 0.6) is 5.75 Å². The van der Waals surface area contributed by atoms with Crippen molar-refractivity contribution in [2.75, 3.05) is 44.9 Å². The highest BCUT2D eigenvalue weighted by molar-refractivity contribution is 5.82. The van der Waals surface area contributed by atoms with Crippen molar-refractivity contribution in [1.82, 2.24) is 9.88 Å². The van der Waals surface area contributed by atoms with Gasteiger partial charge >= 0.3 is 5.97 Å². The van der Waals surface area contributed by atoms with Gasteiger partial charge < -0.3 is 24.2 Å². The number of pyridine rings is 1. The van der Waals surface area contributed by atoms with Crippen LogP contribution in [-0.2, 0) is 33.8 Å². The van der Waals surface area contributed by atoms with Crippen LogP contribution < -0.4 is 9.64 Å². The summed E-state index contributed by atoms with van der Waals surface area (Å²) in [5.74, 6) is 1.01. The number of ether oxygens (including phenoxy) is 3. The lowest BCUT2D eigenvalue weighted by Crippen LogP contribution is -2.43. The summed E-state index contributed by atoms with van der Waals surface area (Å²) < 4.78 is 17.6. The van der Waals surface area contributed by atoms with E-state index in [4.69, 9.17) is 19.2 Å². The number of carboxylic acid groups (broad SMARTS) is 1. The summed E-state index contributed by atoms with van der Waals surface area (Å²) in [5, 5.41) is 10.0. The number of anilines is 1. The number of rotatable bonds is 9. The maximum absolute atomic E-state index is 12.2. The molecule has 3 atom stereocenters. The Balaban J connectivity index is 1.09. The zero-order valence-electron chi connectivity index (χ0n) is 25.1. The van der Waals surface area contributed by atoms with Crippen molar-refractivity contribution in [2.24, 2.45) is 11.3 Å². The molecule has 3 aliphatic heterocycles. The van der Waals surface area contributed by atoms with Gasteiger partial charge in [-0.15, -0.1) is 0 Å². The minimum absolute atomic E-state index is 0.134. The molecule has 0 spiro atoms. The zero-order chi connectivity index (χ0) is 29.6. The lowest BCUT2D eigenvalue weighted by Gasteiger charge is -2.37. The third-order valence-electron chi connectivity index (χ3n) is 10.2. The van der Waals surface area contributed by atoms with Crippen LogP contribution in [0.3, 0.4) is 0 Å². The van der Waals surface area contributed by atoms with Crippen LogP contribution in [0, 0.1) is 18.3 Å². The number of piperidine rings is 1. The SMILES string of the molecule is COCC1N(c2cccc(-c3cccc(C)c3OCc3ccc4c(c3)CCN(C3CCOCC3)C4)n2)C[C@@H]2C[C@]12C(=O)O. The Hall–Kier alpha value is -3.46. The number of hydrogen-bond acceptors (Lipinski definition) is 7. The van der Waals surface area contributed by atoms with Gasteiger partial charge in [-0.3, -0.25) is 9.69 Å². The van der Waals surface area contributed by atoms with Crippen molar-refractivity contribution in [3.8, 4) is 17.0 Å². The highest BCUT2D eigenvalue weighted by atomic mass is 16.5. The van der Waals surface area contributed by atoms with E-state index in [0.29, 0.717) is 32.2 Å². The van der Waals surface area contributed by atoms with Gasteiger partial charge in [0.2, 0.25) is 0 Å². The van der Waals surface area contributed by atoms with Crippen LogP contribution in [-0.4, -0.2) is 73.1 Å². The number of para-hydroxylation sites is 1. The monoisotopic (exact) mass is 583 g/mol. The predicted octanol–water partition coefficient (Wildman–Crippen LogP) is 5.10. The summed E-state index contributed by atoms with van der Waals surface area (Å²) >= 11 is 0. The maximum Gasteiger partial charge on any atom is 0.312 e. The van der Waals surface area contributed by atoms with E-state index in [0.717, 1.165) is 74.0 Å². The second-order valence-electron chi connectivity index (χ2n) is 12.7. The zero-order valence-corrected chi connectivity index (χ0v) is 25.1. The van der Waals surface area contributed by atoms with Crippen LogP contribution in [0.1, 0.15) is 41.5 Å². The second-order valence-corrected chi connectivity index (χ2v) is 12.7. The number of hydrogen-bond donors (Lipinski definition) is 1. The standard InChI is InChI=1S/C35H41N3O5/c1-23-5-3-6-29(30-7-4-8-32(36-30)38-20-27-18-35(27,34(39)40)31(38)22-41-2)33(23)43-21-24-9-10-26-19-37(14-11-25(26)17-24)28-12-15-42-16-13-28/h3-10,17,27-28,31H,11-16,18-22H2,1-2H3,(H,39,40)/t27-,31?,35+/m0/s1. The lowest BCUT2D eigenvalue weighted by molar-refractivity contribution is -0.144. The summed E-state index contributed by atoms with van der Waals surface area (Å²) in [6, 6.07) is 19.3. The van der Waals surface area contributed by atoms with Gasteiger partial charge in [-0.2, -0.15) is 0 Å². The number of aromatic nitrogens is 1. The molecule has 3 aromatic rings. The number of aliphatic carboxylic acids is 1. The Kier molecular flexibility index (Phi) is 7.61. The van der Waals surface area contributed by atoms with Gasteiger partial charge in [0, 0.05) is 51.6 Å². The summed E-state index contributed by atoms with van der Waals surface area (Å²) in [6.07, 6.45) is 4.04. The number of nitrogens with zero attached hydrogens (tertiary/aromatic N) is 3. The quantitative estimate of drug-likeness (QED) is 0.373. The minimum Gasteiger partial charge on any atom is -0.488 e. The van der Waals surface area contributed by atoms with E-state index in [-0.39, 0.29) is 12.0 Å². The Morgan fingerprint density at radius 1 is 1.12 bits per heavy atom. The second kappa shape index (κ2) is 11.6. The van der Waals surface area contributed by atoms with Crippen molar-refractivity contribution in [1.29, 1.82) is 0 Å². The van der Waals surface area contributed by atoms with Crippen molar-refractivity contribution in [3.05, 3.63) is 76.9 Å². The molecule has 1 unspecified atom stereocenters. The van der Waals surface area contributed by atoms with Gasteiger partial charge in [0.25, 0.3) is 0 Å².